The standard InChI is InChI=1S/C20H22N2O6S/c1-14-6-7-15(12-19(14)29(24,25)22-8-10-26-11-9-22)21-20(23)18-13-27-16-4-2-3-5-17(16)28-18/h2-7,12,18H,8-11,13H2,1H3,(H,21,23)/t18-/m0/s1. The van der Waals surface area contributed by atoms with Crippen LogP contribution in [0.15, 0.2) is 47.4 Å². The topological polar surface area (TPSA) is 94.2 Å². The molecule has 0 spiro atoms. The average molecular weight is 418 g/mol. The summed E-state index contributed by atoms with van der Waals surface area (Å²) < 4.78 is 43.9. The van der Waals surface area contributed by atoms with Crippen molar-refractivity contribution in [3.05, 3.63) is 48.0 Å². The van der Waals surface area contributed by atoms with Crippen molar-refractivity contribution in [3.8, 4) is 11.5 Å². The summed E-state index contributed by atoms with van der Waals surface area (Å²) in [5.41, 5.74) is 0.996. The number of rotatable bonds is 4. The molecule has 2 aromatic carbocycles. The van der Waals surface area contributed by atoms with Crippen molar-refractivity contribution in [2.75, 3.05) is 38.2 Å². The lowest BCUT2D eigenvalue weighted by molar-refractivity contribution is -0.125. The van der Waals surface area contributed by atoms with Gasteiger partial charge in [-0.1, -0.05) is 18.2 Å². The molecule has 2 heterocycles. The van der Waals surface area contributed by atoms with E-state index in [4.69, 9.17) is 14.2 Å². The number of benzene rings is 2. The minimum Gasteiger partial charge on any atom is -0.485 e. The first-order valence-electron chi connectivity index (χ1n) is 9.33. The van der Waals surface area contributed by atoms with Crippen LogP contribution in [0.4, 0.5) is 5.69 Å². The fourth-order valence-corrected chi connectivity index (χ4v) is 4.91. The normalized spacial score (nSPS) is 19.6. The second-order valence-electron chi connectivity index (χ2n) is 6.85. The van der Waals surface area contributed by atoms with Crippen molar-refractivity contribution < 1.29 is 27.4 Å². The molecule has 0 unspecified atom stereocenters. The van der Waals surface area contributed by atoms with Gasteiger partial charge in [-0.3, -0.25) is 4.79 Å². The smallest absolute Gasteiger partial charge is 0.269 e. The number of sulfonamides is 1. The molecule has 0 saturated carbocycles. The molecule has 8 nitrogen and oxygen atoms in total. The highest BCUT2D eigenvalue weighted by molar-refractivity contribution is 7.89. The first-order chi connectivity index (χ1) is 13.9. The molecule has 2 aliphatic heterocycles. The number of anilines is 1. The van der Waals surface area contributed by atoms with Crippen LogP contribution in [-0.2, 0) is 19.6 Å². The van der Waals surface area contributed by atoms with Crippen molar-refractivity contribution in [2.24, 2.45) is 0 Å². The Bertz CT molecular complexity index is 1020. The average Bonchev–Trinajstić information content (AvgIpc) is 2.75. The fourth-order valence-electron chi connectivity index (χ4n) is 3.25. The Hall–Kier alpha value is -2.62. The van der Waals surface area contributed by atoms with Crippen LogP contribution in [0.5, 0.6) is 11.5 Å². The highest BCUT2D eigenvalue weighted by atomic mass is 32.2. The van der Waals surface area contributed by atoms with Gasteiger partial charge >= 0.3 is 0 Å². The van der Waals surface area contributed by atoms with Crippen LogP contribution in [0.25, 0.3) is 0 Å². The number of ether oxygens (including phenoxy) is 3. The first kappa shape index (κ1) is 19.7. The van der Waals surface area contributed by atoms with Crippen molar-refractivity contribution in [3.63, 3.8) is 0 Å². The summed E-state index contributed by atoms with van der Waals surface area (Å²) in [6.07, 6.45) is -0.828. The van der Waals surface area contributed by atoms with Gasteiger partial charge in [0.05, 0.1) is 18.1 Å². The summed E-state index contributed by atoms with van der Waals surface area (Å²) in [5.74, 6) is 0.683. The lowest BCUT2D eigenvalue weighted by Gasteiger charge is -2.27. The molecule has 0 aliphatic carbocycles. The molecule has 1 amide bonds. The minimum atomic E-state index is -3.67. The zero-order valence-electron chi connectivity index (χ0n) is 16.0. The Morgan fingerprint density at radius 1 is 1.10 bits per heavy atom. The van der Waals surface area contributed by atoms with E-state index in [-0.39, 0.29) is 11.5 Å². The number of hydrogen-bond acceptors (Lipinski definition) is 6. The maximum Gasteiger partial charge on any atom is 0.269 e. The van der Waals surface area contributed by atoms with Gasteiger partial charge in [-0.25, -0.2) is 8.42 Å². The predicted octanol–water partition coefficient (Wildman–Crippen LogP) is 1.79. The molecule has 0 bridgehead atoms. The van der Waals surface area contributed by atoms with Crippen LogP contribution < -0.4 is 14.8 Å². The van der Waals surface area contributed by atoms with Crippen LogP contribution in [0.3, 0.4) is 0 Å². The Labute approximate surface area is 169 Å². The van der Waals surface area contributed by atoms with E-state index >= 15 is 0 Å². The van der Waals surface area contributed by atoms with E-state index in [1.165, 1.54) is 10.4 Å². The molecule has 4 rings (SSSR count). The lowest BCUT2D eigenvalue weighted by Crippen LogP contribution is -2.41. The number of morpholine rings is 1. The number of nitrogens with one attached hydrogen (secondary N) is 1. The SMILES string of the molecule is Cc1ccc(NC(=O)[C@@H]2COc3ccccc3O2)cc1S(=O)(=O)N1CCOCC1. The summed E-state index contributed by atoms with van der Waals surface area (Å²) in [6.45, 7) is 3.17. The maximum atomic E-state index is 13.0. The molecule has 29 heavy (non-hydrogen) atoms. The molecule has 1 atom stereocenters. The number of nitrogens with zero attached hydrogens (tertiary/aromatic N) is 1. The van der Waals surface area contributed by atoms with Crippen molar-refractivity contribution in [1.82, 2.24) is 4.31 Å². The minimum absolute atomic E-state index is 0.0770. The van der Waals surface area contributed by atoms with E-state index in [9.17, 15) is 13.2 Å². The Morgan fingerprint density at radius 2 is 1.83 bits per heavy atom. The Balaban J connectivity index is 1.51. The summed E-state index contributed by atoms with van der Waals surface area (Å²) in [5, 5.41) is 2.73. The zero-order valence-corrected chi connectivity index (χ0v) is 16.8. The third kappa shape index (κ3) is 4.07. The van der Waals surface area contributed by atoms with Gasteiger partial charge in [-0.2, -0.15) is 4.31 Å². The highest BCUT2D eigenvalue weighted by Gasteiger charge is 2.30. The van der Waals surface area contributed by atoms with Gasteiger partial charge in [0, 0.05) is 18.8 Å². The number of hydrogen-bond donors (Lipinski definition) is 1. The largest absolute Gasteiger partial charge is 0.485 e. The molecule has 1 N–H and O–H groups in total. The van der Waals surface area contributed by atoms with Gasteiger partial charge in [-0.05, 0) is 36.8 Å². The third-order valence-electron chi connectivity index (χ3n) is 4.84. The molecule has 9 heteroatoms. The molecule has 2 aromatic rings. The third-order valence-corrected chi connectivity index (χ3v) is 6.89. The summed E-state index contributed by atoms with van der Waals surface area (Å²) in [7, 11) is -3.67. The second-order valence-corrected chi connectivity index (χ2v) is 8.76. The van der Waals surface area contributed by atoms with Crippen molar-refractivity contribution >= 4 is 21.6 Å². The van der Waals surface area contributed by atoms with Crippen molar-refractivity contribution in [2.45, 2.75) is 17.9 Å². The number of fused-ring (bicyclic) bond motifs is 1. The van der Waals surface area contributed by atoms with Gasteiger partial charge in [0.2, 0.25) is 16.1 Å². The van der Waals surface area contributed by atoms with E-state index in [1.54, 1.807) is 37.3 Å². The van der Waals surface area contributed by atoms with Gasteiger partial charge in [-0.15, -0.1) is 0 Å². The first-order valence-corrected chi connectivity index (χ1v) is 10.8. The molecule has 0 aromatic heterocycles. The summed E-state index contributed by atoms with van der Waals surface area (Å²) in [6, 6.07) is 12.0. The van der Waals surface area contributed by atoms with E-state index in [0.29, 0.717) is 49.1 Å². The number of carbonyl (C=O) groups is 1. The second kappa shape index (κ2) is 8.02. The van der Waals surface area contributed by atoms with E-state index in [2.05, 4.69) is 5.32 Å². The maximum absolute atomic E-state index is 13.0. The van der Waals surface area contributed by atoms with Crippen LogP contribution >= 0.6 is 0 Å². The lowest BCUT2D eigenvalue weighted by atomic mass is 10.2. The van der Waals surface area contributed by atoms with Crippen molar-refractivity contribution in [1.29, 1.82) is 0 Å². The fraction of sp³-hybridized carbons (Fsp3) is 0.350. The number of carbonyl (C=O) groups excluding carboxylic acids is 1. The number of aryl methyl sites for hydroxylation is 1. The molecule has 1 fully saturated rings. The zero-order chi connectivity index (χ0) is 20.4. The molecule has 1 saturated heterocycles. The summed E-state index contributed by atoms with van der Waals surface area (Å²) >= 11 is 0. The Morgan fingerprint density at radius 3 is 2.59 bits per heavy atom. The van der Waals surface area contributed by atoms with Gasteiger partial charge < -0.3 is 19.5 Å². The van der Waals surface area contributed by atoms with Crippen LogP contribution in [0, 0.1) is 6.92 Å². The van der Waals surface area contributed by atoms with Crippen LogP contribution in [-0.4, -0.2) is 57.6 Å². The van der Waals surface area contributed by atoms with Gasteiger partial charge in [0.1, 0.15) is 6.61 Å². The molecule has 2 aliphatic rings. The molecule has 0 radical (unpaired) electrons. The Kier molecular flexibility index (Phi) is 5.44. The number of amides is 1. The quantitative estimate of drug-likeness (QED) is 0.814. The van der Waals surface area contributed by atoms with Gasteiger partial charge in [0.15, 0.2) is 11.5 Å². The van der Waals surface area contributed by atoms with Crippen LogP contribution in [0.2, 0.25) is 0 Å². The van der Waals surface area contributed by atoms with E-state index in [1.807, 2.05) is 6.07 Å². The van der Waals surface area contributed by atoms with Gasteiger partial charge in [0.25, 0.3) is 5.91 Å². The molecular weight excluding hydrogens is 396 g/mol. The molecular formula is C20H22N2O6S. The highest BCUT2D eigenvalue weighted by Crippen LogP contribution is 2.31. The van der Waals surface area contributed by atoms with E-state index in [0.717, 1.165) is 0 Å². The number of para-hydroxylation sites is 2. The molecule has 154 valence electrons. The van der Waals surface area contributed by atoms with Crippen LogP contribution in [0.1, 0.15) is 5.56 Å². The monoisotopic (exact) mass is 418 g/mol. The summed E-state index contributed by atoms with van der Waals surface area (Å²) in [4.78, 5) is 12.8. The van der Waals surface area contributed by atoms with E-state index < -0.39 is 22.0 Å². The predicted molar refractivity (Wildman–Crippen MR) is 106 cm³/mol.